The summed E-state index contributed by atoms with van der Waals surface area (Å²) in [5.74, 6) is 1.34. The number of aryl methyl sites for hydroxylation is 1. The highest BCUT2D eigenvalue weighted by Crippen LogP contribution is 2.27. The van der Waals surface area contributed by atoms with Crippen molar-refractivity contribution in [2.45, 2.75) is 19.3 Å². The first-order valence-corrected chi connectivity index (χ1v) is 6.55. The topological polar surface area (TPSA) is 60.2 Å². The van der Waals surface area contributed by atoms with Crippen LogP contribution in [0.3, 0.4) is 0 Å². The van der Waals surface area contributed by atoms with Crippen LogP contribution >= 0.6 is 0 Å². The van der Waals surface area contributed by atoms with Gasteiger partial charge in [0.05, 0.1) is 0 Å². The smallest absolute Gasteiger partial charge is 0.257 e. The molecule has 2 heterocycles. The normalized spacial score (nSPS) is 13.3. The predicted molar refractivity (Wildman–Crippen MR) is 72.1 cm³/mol. The van der Waals surface area contributed by atoms with Gasteiger partial charge in [-0.05, 0) is 36.6 Å². The van der Waals surface area contributed by atoms with E-state index in [1.807, 2.05) is 6.07 Å². The van der Waals surface area contributed by atoms with Crippen LogP contribution in [-0.2, 0) is 17.6 Å². The number of methoxy groups -OCH3 is 1. The minimum atomic E-state index is 0.599. The Bertz CT molecular complexity index is 566. The summed E-state index contributed by atoms with van der Waals surface area (Å²) < 4.78 is 10.3. The van der Waals surface area contributed by atoms with Gasteiger partial charge in [-0.2, -0.15) is 4.98 Å². The van der Waals surface area contributed by atoms with Crippen LogP contribution in [0.2, 0.25) is 0 Å². The molecule has 0 amide bonds. The second-order valence-electron chi connectivity index (χ2n) is 4.66. The molecule has 1 aliphatic rings. The minimum absolute atomic E-state index is 0.599. The second kappa shape index (κ2) is 5.40. The van der Waals surface area contributed by atoms with Gasteiger partial charge in [0, 0.05) is 37.9 Å². The van der Waals surface area contributed by atoms with Gasteiger partial charge in [-0.1, -0.05) is 5.16 Å². The van der Waals surface area contributed by atoms with E-state index in [4.69, 9.17) is 9.26 Å². The molecule has 0 atom stereocenters. The molecule has 19 heavy (non-hydrogen) atoms. The Balaban J connectivity index is 1.75. The van der Waals surface area contributed by atoms with Crippen LogP contribution in [-0.4, -0.2) is 30.4 Å². The maximum absolute atomic E-state index is 5.32. The summed E-state index contributed by atoms with van der Waals surface area (Å²) in [7, 11) is 1.69. The first kappa shape index (κ1) is 12.2. The summed E-state index contributed by atoms with van der Waals surface area (Å²) in [5.41, 5.74) is 3.52. The van der Waals surface area contributed by atoms with Crippen molar-refractivity contribution >= 4 is 5.69 Å². The molecular formula is C14H17N3O2. The molecule has 5 heteroatoms. The molecule has 0 saturated heterocycles. The van der Waals surface area contributed by atoms with E-state index in [9.17, 15) is 0 Å². The van der Waals surface area contributed by atoms with Crippen molar-refractivity contribution < 1.29 is 9.26 Å². The molecular weight excluding hydrogens is 242 g/mol. The van der Waals surface area contributed by atoms with E-state index in [1.165, 1.54) is 11.3 Å². The van der Waals surface area contributed by atoms with Gasteiger partial charge in [0.2, 0.25) is 0 Å². The zero-order valence-corrected chi connectivity index (χ0v) is 11.0. The van der Waals surface area contributed by atoms with Gasteiger partial charge in [0.25, 0.3) is 5.89 Å². The highest BCUT2D eigenvalue weighted by atomic mass is 16.5. The Morgan fingerprint density at radius 1 is 1.42 bits per heavy atom. The molecule has 1 aromatic carbocycles. The molecule has 0 bridgehead atoms. The standard InChI is InChI=1S/C14H17N3O2/c1-18-8-2-3-13-16-14(19-17-13)11-4-5-12-10(9-11)6-7-15-12/h4-5,9,15H,2-3,6-8H2,1H3. The first-order valence-electron chi connectivity index (χ1n) is 6.55. The molecule has 1 N–H and O–H groups in total. The predicted octanol–water partition coefficient (Wildman–Crippen LogP) is 2.28. The number of nitrogens with zero attached hydrogens (tertiary/aromatic N) is 2. The fourth-order valence-electron chi connectivity index (χ4n) is 2.29. The number of hydrogen-bond acceptors (Lipinski definition) is 5. The summed E-state index contributed by atoms with van der Waals surface area (Å²) in [6.07, 6.45) is 2.74. The average molecular weight is 259 g/mol. The number of fused-ring (bicyclic) bond motifs is 1. The monoisotopic (exact) mass is 259 g/mol. The van der Waals surface area contributed by atoms with Crippen LogP contribution in [0.5, 0.6) is 0 Å². The van der Waals surface area contributed by atoms with E-state index >= 15 is 0 Å². The molecule has 3 rings (SSSR count). The molecule has 1 aliphatic heterocycles. The molecule has 0 aliphatic carbocycles. The second-order valence-corrected chi connectivity index (χ2v) is 4.66. The molecule has 0 fully saturated rings. The number of ether oxygens (including phenoxy) is 1. The number of benzene rings is 1. The number of hydrogen-bond donors (Lipinski definition) is 1. The van der Waals surface area contributed by atoms with Gasteiger partial charge >= 0.3 is 0 Å². The number of nitrogens with one attached hydrogen (secondary N) is 1. The fraction of sp³-hybridized carbons (Fsp3) is 0.429. The molecule has 0 unspecified atom stereocenters. The summed E-state index contributed by atoms with van der Waals surface area (Å²) in [6.45, 7) is 1.72. The zero-order valence-electron chi connectivity index (χ0n) is 11.0. The molecule has 0 saturated carbocycles. The lowest BCUT2D eigenvalue weighted by molar-refractivity contribution is 0.194. The van der Waals surface area contributed by atoms with Crippen molar-refractivity contribution in [1.29, 1.82) is 0 Å². The van der Waals surface area contributed by atoms with Gasteiger partial charge < -0.3 is 14.6 Å². The van der Waals surface area contributed by atoms with Gasteiger partial charge in [-0.25, -0.2) is 0 Å². The van der Waals surface area contributed by atoms with Crippen molar-refractivity contribution in [2.24, 2.45) is 0 Å². The first-order chi connectivity index (χ1) is 9.36. The van der Waals surface area contributed by atoms with Crippen LogP contribution in [0, 0.1) is 0 Å². The van der Waals surface area contributed by atoms with Crippen LogP contribution in [0.25, 0.3) is 11.5 Å². The van der Waals surface area contributed by atoms with E-state index in [-0.39, 0.29) is 0 Å². The van der Waals surface area contributed by atoms with E-state index in [0.29, 0.717) is 12.5 Å². The Morgan fingerprint density at radius 2 is 2.37 bits per heavy atom. The number of rotatable bonds is 5. The minimum Gasteiger partial charge on any atom is -0.385 e. The van der Waals surface area contributed by atoms with Crippen LogP contribution in [0.4, 0.5) is 5.69 Å². The molecule has 1 aromatic heterocycles. The van der Waals surface area contributed by atoms with E-state index in [2.05, 4.69) is 27.6 Å². The molecule has 0 radical (unpaired) electrons. The summed E-state index contributed by atoms with van der Waals surface area (Å²) in [5, 5.41) is 7.34. The highest BCUT2D eigenvalue weighted by Gasteiger charge is 2.14. The van der Waals surface area contributed by atoms with Crippen molar-refractivity contribution in [2.75, 3.05) is 25.6 Å². The quantitative estimate of drug-likeness (QED) is 0.835. The lowest BCUT2D eigenvalue weighted by Gasteiger charge is -2.00. The Kier molecular flexibility index (Phi) is 3.46. The van der Waals surface area contributed by atoms with Gasteiger partial charge in [0.1, 0.15) is 0 Å². The lowest BCUT2D eigenvalue weighted by atomic mass is 10.1. The van der Waals surface area contributed by atoms with Crippen molar-refractivity contribution in [1.82, 2.24) is 10.1 Å². The van der Waals surface area contributed by atoms with Gasteiger partial charge in [0.15, 0.2) is 5.82 Å². The SMILES string of the molecule is COCCCc1noc(-c2ccc3c(c2)CCN3)n1. The summed E-state index contributed by atoms with van der Waals surface area (Å²) in [4.78, 5) is 4.42. The van der Waals surface area contributed by atoms with Crippen molar-refractivity contribution in [3.05, 3.63) is 29.6 Å². The average Bonchev–Trinajstić information content (AvgIpc) is 3.06. The Morgan fingerprint density at radius 3 is 3.26 bits per heavy atom. The van der Waals surface area contributed by atoms with Gasteiger partial charge in [-0.3, -0.25) is 0 Å². The van der Waals surface area contributed by atoms with Gasteiger partial charge in [-0.15, -0.1) is 0 Å². The van der Waals surface area contributed by atoms with E-state index in [0.717, 1.165) is 37.2 Å². The van der Waals surface area contributed by atoms with Crippen molar-refractivity contribution in [3.63, 3.8) is 0 Å². The third-order valence-electron chi connectivity index (χ3n) is 3.28. The summed E-state index contributed by atoms with van der Waals surface area (Å²) >= 11 is 0. The number of aromatic nitrogens is 2. The largest absolute Gasteiger partial charge is 0.385 e. The molecule has 0 spiro atoms. The maximum Gasteiger partial charge on any atom is 0.257 e. The maximum atomic E-state index is 5.32. The van der Waals surface area contributed by atoms with Crippen LogP contribution < -0.4 is 5.32 Å². The van der Waals surface area contributed by atoms with E-state index < -0.39 is 0 Å². The van der Waals surface area contributed by atoms with Crippen LogP contribution in [0.15, 0.2) is 22.7 Å². The molecule has 100 valence electrons. The van der Waals surface area contributed by atoms with Crippen molar-refractivity contribution in [3.8, 4) is 11.5 Å². The fourth-order valence-corrected chi connectivity index (χ4v) is 2.29. The zero-order chi connectivity index (χ0) is 13.1. The highest BCUT2D eigenvalue weighted by molar-refractivity contribution is 5.64. The summed E-state index contributed by atoms with van der Waals surface area (Å²) in [6, 6.07) is 6.22. The Labute approximate surface area is 112 Å². The molecule has 2 aromatic rings. The third-order valence-corrected chi connectivity index (χ3v) is 3.28. The lowest BCUT2D eigenvalue weighted by Crippen LogP contribution is -1.94. The van der Waals surface area contributed by atoms with E-state index in [1.54, 1.807) is 7.11 Å². The Hall–Kier alpha value is -1.88. The third kappa shape index (κ3) is 2.61. The number of anilines is 1. The van der Waals surface area contributed by atoms with Crippen LogP contribution in [0.1, 0.15) is 17.8 Å². The molecule has 5 nitrogen and oxygen atoms in total.